The van der Waals surface area contributed by atoms with E-state index in [2.05, 4.69) is 55.3 Å². The summed E-state index contributed by atoms with van der Waals surface area (Å²) >= 11 is 0. The number of hydrogen-bond acceptors (Lipinski definition) is 2. The second-order valence-electron chi connectivity index (χ2n) is 6.90. The van der Waals surface area contributed by atoms with Gasteiger partial charge < -0.3 is 5.32 Å². The number of benzene rings is 1. The van der Waals surface area contributed by atoms with Crippen LogP contribution >= 0.6 is 0 Å². The second-order valence-corrected chi connectivity index (χ2v) is 6.90. The van der Waals surface area contributed by atoms with Crippen LogP contribution < -0.4 is 5.32 Å². The zero-order valence-electron chi connectivity index (χ0n) is 14.1. The first-order valence-corrected chi connectivity index (χ1v) is 8.69. The Balaban J connectivity index is 1.85. The summed E-state index contributed by atoms with van der Waals surface area (Å²) < 4.78 is 0. The van der Waals surface area contributed by atoms with Crippen molar-refractivity contribution in [2.75, 3.05) is 19.6 Å². The van der Waals surface area contributed by atoms with E-state index >= 15 is 0 Å². The Morgan fingerprint density at radius 3 is 2.14 bits per heavy atom. The predicted molar refractivity (Wildman–Crippen MR) is 91.7 cm³/mol. The first-order chi connectivity index (χ1) is 10.1. The minimum absolute atomic E-state index is 0.565. The van der Waals surface area contributed by atoms with Crippen molar-refractivity contribution in [2.24, 2.45) is 0 Å². The Hall–Kier alpha value is -0.860. The van der Waals surface area contributed by atoms with Gasteiger partial charge in [0.1, 0.15) is 0 Å². The van der Waals surface area contributed by atoms with Crippen LogP contribution in [0.5, 0.6) is 0 Å². The molecule has 2 heteroatoms. The van der Waals surface area contributed by atoms with Gasteiger partial charge in [-0.05, 0) is 43.0 Å². The van der Waals surface area contributed by atoms with Crippen LogP contribution in [0.25, 0.3) is 0 Å². The number of nitrogens with one attached hydrogen (secondary N) is 1. The van der Waals surface area contributed by atoms with E-state index in [4.69, 9.17) is 0 Å². The highest BCUT2D eigenvalue weighted by atomic mass is 15.1. The molecule has 1 aliphatic rings. The smallest absolute Gasteiger partial charge is 0.0233 e. The lowest BCUT2D eigenvalue weighted by Crippen LogP contribution is -2.27. The highest BCUT2D eigenvalue weighted by Crippen LogP contribution is 2.17. The van der Waals surface area contributed by atoms with Crippen LogP contribution in [0.15, 0.2) is 24.3 Å². The molecule has 21 heavy (non-hydrogen) atoms. The summed E-state index contributed by atoms with van der Waals surface area (Å²) in [4.78, 5) is 2.62. The average molecular weight is 288 g/mol. The zero-order valence-corrected chi connectivity index (χ0v) is 14.1. The highest BCUT2D eigenvalue weighted by Gasteiger charge is 2.10. The summed E-state index contributed by atoms with van der Waals surface area (Å²) in [6.07, 6.45) is 5.57. The van der Waals surface area contributed by atoms with Gasteiger partial charge in [0.05, 0.1) is 0 Å². The molecule has 0 aromatic heterocycles. The van der Waals surface area contributed by atoms with Crippen LogP contribution in [-0.4, -0.2) is 30.6 Å². The van der Waals surface area contributed by atoms with Crippen LogP contribution in [-0.2, 0) is 6.54 Å². The SMILES string of the molecule is CC(C)NCC(C)c1ccc(CN2CCCCCC2)cc1. The molecular formula is C19H32N2. The van der Waals surface area contributed by atoms with E-state index in [1.54, 1.807) is 0 Å². The van der Waals surface area contributed by atoms with Gasteiger partial charge in [0.25, 0.3) is 0 Å². The van der Waals surface area contributed by atoms with Gasteiger partial charge in [0, 0.05) is 19.1 Å². The second kappa shape index (κ2) is 8.55. The topological polar surface area (TPSA) is 15.3 Å². The molecule has 1 N–H and O–H groups in total. The molecule has 1 aromatic carbocycles. The molecule has 1 heterocycles. The molecule has 0 saturated carbocycles. The number of hydrogen-bond donors (Lipinski definition) is 1. The minimum Gasteiger partial charge on any atom is -0.314 e. The van der Waals surface area contributed by atoms with Crippen LogP contribution in [0.2, 0.25) is 0 Å². The standard InChI is InChI=1S/C19H32N2/c1-16(2)20-14-17(3)19-10-8-18(9-11-19)15-21-12-6-4-5-7-13-21/h8-11,16-17,20H,4-7,12-15H2,1-3H3. The summed E-state index contributed by atoms with van der Waals surface area (Å²) in [5.74, 6) is 0.583. The molecule has 0 bridgehead atoms. The molecule has 1 unspecified atom stereocenters. The Kier molecular flexibility index (Phi) is 6.72. The van der Waals surface area contributed by atoms with Crippen LogP contribution in [0.4, 0.5) is 0 Å². The number of rotatable bonds is 6. The average Bonchev–Trinajstić information content (AvgIpc) is 2.74. The first-order valence-electron chi connectivity index (χ1n) is 8.69. The van der Waals surface area contributed by atoms with E-state index in [0.29, 0.717) is 12.0 Å². The molecule has 1 atom stereocenters. The Morgan fingerprint density at radius 2 is 1.57 bits per heavy atom. The van der Waals surface area contributed by atoms with Crippen molar-refractivity contribution in [1.82, 2.24) is 10.2 Å². The summed E-state index contributed by atoms with van der Waals surface area (Å²) in [6.45, 7) is 11.4. The fourth-order valence-corrected chi connectivity index (χ4v) is 3.03. The highest BCUT2D eigenvalue weighted by molar-refractivity contribution is 5.25. The van der Waals surface area contributed by atoms with Gasteiger partial charge in [-0.25, -0.2) is 0 Å². The summed E-state index contributed by atoms with van der Waals surface area (Å²) in [6, 6.07) is 9.85. The van der Waals surface area contributed by atoms with Crippen LogP contribution in [0.1, 0.15) is 63.5 Å². The van der Waals surface area contributed by atoms with E-state index in [1.165, 1.54) is 49.9 Å². The Morgan fingerprint density at radius 1 is 0.952 bits per heavy atom. The van der Waals surface area contributed by atoms with Crippen molar-refractivity contribution in [3.8, 4) is 0 Å². The van der Waals surface area contributed by atoms with Gasteiger partial charge in [0.2, 0.25) is 0 Å². The van der Waals surface area contributed by atoms with Crippen molar-refractivity contribution in [2.45, 2.75) is 65.0 Å². The molecule has 1 fully saturated rings. The zero-order chi connectivity index (χ0) is 15.1. The Labute approximate surface area is 130 Å². The summed E-state index contributed by atoms with van der Waals surface area (Å²) in [5.41, 5.74) is 2.91. The van der Waals surface area contributed by atoms with E-state index in [9.17, 15) is 0 Å². The normalized spacial score (nSPS) is 18.7. The van der Waals surface area contributed by atoms with Gasteiger partial charge in [-0.15, -0.1) is 0 Å². The van der Waals surface area contributed by atoms with Gasteiger partial charge in [0.15, 0.2) is 0 Å². The van der Waals surface area contributed by atoms with E-state index < -0.39 is 0 Å². The number of nitrogens with zero attached hydrogens (tertiary/aromatic N) is 1. The molecular weight excluding hydrogens is 256 g/mol. The molecule has 1 aromatic rings. The third-order valence-electron chi connectivity index (χ3n) is 4.49. The maximum atomic E-state index is 3.52. The molecule has 0 spiro atoms. The maximum Gasteiger partial charge on any atom is 0.0233 e. The lowest BCUT2D eigenvalue weighted by atomic mass is 9.99. The molecule has 1 aliphatic heterocycles. The maximum absolute atomic E-state index is 3.52. The van der Waals surface area contributed by atoms with E-state index in [1.807, 2.05) is 0 Å². The predicted octanol–water partition coefficient (Wildman–Crippen LogP) is 4.16. The van der Waals surface area contributed by atoms with Crippen molar-refractivity contribution in [3.05, 3.63) is 35.4 Å². The van der Waals surface area contributed by atoms with Crippen molar-refractivity contribution >= 4 is 0 Å². The molecule has 0 amide bonds. The van der Waals surface area contributed by atoms with Crippen molar-refractivity contribution in [3.63, 3.8) is 0 Å². The Bertz CT molecular complexity index is 389. The number of likely N-dealkylation sites (tertiary alicyclic amines) is 1. The fourth-order valence-electron chi connectivity index (χ4n) is 3.03. The van der Waals surface area contributed by atoms with Crippen LogP contribution in [0, 0.1) is 0 Å². The molecule has 0 aliphatic carbocycles. The van der Waals surface area contributed by atoms with Gasteiger partial charge in [-0.3, -0.25) is 4.90 Å². The van der Waals surface area contributed by atoms with E-state index in [-0.39, 0.29) is 0 Å². The van der Waals surface area contributed by atoms with Crippen molar-refractivity contribution in [1.29, 1.82) is 0 Å². The largest absolute Gasteiger partial charge is 0.314 e. The van der Waals surface area contributed by atoms with Crippen molar-refractivity contribution < 1.29 is 0 Å². The lowest BCUT2D eigenvalue weighted by molar-refractivity contribution is 0.277. The molecule has 118 valence electrons. The quantitative estimate of drug-likeness (QED) is 0.845. The molecule has 2 nitrogen and oxygen atoms in total. The fraction of sp³-hybridized carbons (Fsp3) is 0.684. The first kappa shape index (κ1) is 16.5. The van der Waals surface area contributed by atoms with Gasteiger partial charge in [-0.2, -0.15) is 0 Å². The third kappa shape index (κ3) is 5.80. The van der Waals surface area contributed by atoms with Crippen LogP contribution in [0.3, 0.4) is 0 Å². The summed E-state index contributed by atoms with van der Waals surface area (Å²) in [5, 5.41) is 3.52. The van der Waals surface area contributed by atoms with E-state index in [0.717, 1.165) is 13.1 Å². The molecule has 1 saturated heterocycles. The summed E-state index contributed by atoms with van der Waals surface area (Å²) in [7, 11) is 0. The molecule has 2 rings (SSSR count). The lowest BCUT2D eigenvalue weighted by Gasteiger charge is -2.20. The van der Waals surface area contributed by atoms with Gasteiger partial charge >= 0.3 is 0 Å². The minimum atomic E-state index is 0.565. The third-order valence-corrected chi connectivity index (χ3v) is 4.49. The molecule has 0 radical (unpaired) electrons. The van der Waals surface area contributed by atoms with Gasteiger partial charge in [-0.1, -0.05) is 57.9 Å². The monoisotopic (exact) mass is 288 g/mol.